The Hall–Kier alpha value is -3.26. The van der Waals surface area contributed by atoms with Crippen LogP contribution in [-0.2, 0) is 9.59 Å². The van der Waals surface area contributed by atoms with E-state index >= 15 is 0 Å². The van der Waals surface area contributed by atoms with Gasteiger partial charge in [-0.15, -0.1) is 0 Å². The van der Waals surface area contributed by atoms with Gasteiger partial charge in [0.25, 0.3) is 5.91 Å². The highest BCUT2D eigenvalue weighted by atomic mass is 32.1. The lowest BCUT2D eigenvalue weighted by Gasteiger charge is -2.19. The molecule has 0 unspecified atom stereocenters. The SMILES string of the molecule is CC(=O)Nc1ccc(C(=O)Nc2ccc3sc(NC(=O)C4CCCCC4)nc3c2)cc1. The number of amides is 3. The van der Waals surface area contributed by atoms with Crippen LogP contribution in [0, 0.1) is 5.92 Å². The van der Waals surface area contributed by atoms with Crippen LogP contribution in [0.5, 0.6) is 0 Å². The van der Waals surface area contributed by atoms with E-state index in [9.17, 15) is 14.4 Å². The van der Waals surface area contributed by atoms with Gasteiger partial charge in [0.05, 0.1) is 10.2 Å². The fraction of sp³-hybridized carbons (Fsp3) is 0.304. The second kappa shape index (κ2) is 9.26. The average molecular weight is 437 g/mol. The fourth-order valence-corrected chi connectivity index (χ4v) is 4.59. The first-order valence-corrected chi connectivity index (χ1v) is 11.2. The zero-order valence-electron chi connectivity index (χ0n) is 17.2. The summed E-state index contributed by atoms with van der Waals surface area (Å²) in [5.74, 6) is -0.291. The smallest absolute Gasteiger partial charge is 0.255 e. The van der Waals surface area contributed by atoms with Gasteiger partial charge in [-0.3, -0.25) is 14.4 Å². The van der Waals surface area contributed by atoms with E-state index < -0.39 is 0 Å². The van der Waals surface area contributed by atoms with Crippen LogP contribution >= 0.6 is 11.3 Å². The molecule has 1 fully saturated rings. The largest absolute Gasteiger partial charge is 0.326 e. The average Bonchev–Trinajstić information content (AvgIpc) is 3.16. The Morgan fingerprint density at radius 2 is 1.61 bits per heavy atom. The standard InChI is InChI=1S/C23H24N4O3S/c1-14(28)24-17-9-7-16(8-10-17)21(29)25-18-11-12-20-19(13-18)26-23(31-20)27-22(30)15-5-3-2-4-6-15/h7-13,15H,2-6H2,1H3,(H,24,28)(H,25,29)(H,26,27,30). The number of carbonyl (C=O) groups is 3. The van der Waals surface area contributed by atoms with Gasteiger partial charge in [-0.25, -0.2) is 4.98 Å². The van der Waals surface area contributed by atoms with Crippen molar-refractivity contribution in [3.63, 3.8) is 0 Å². The summed E-state index contributed by atoms with van der Waals surface area (Å²) in [5.41, 5.74) is 2.46. The van der Waals surface area contributed by atoms with Crippen LogP contribution in [0.3, 0.4) is 0 Å². The molecule has 0 bridgehead atoms. The van der Waals surface area contributed by atoms with Gasteiger partial charge in [0.1, 0.15) is 0 Å². The van der Waals surface area contributed by atoms with Gasteiger partial charge >= 0.3 is 0 Å². The summed E-state index contributed by atoms with van der Waals surface area (Å²) < 4.78 is 0.941. The van der Waals surface area contributed by atoms with Crippen LogP contribution < -0.4 is 16.0 Å². The first-order valence-electron chi connectivity index (χ1n) is 10.4. The van der Waals surface area contributed by atoms with E-state index in [1.54, 1.807) is 30.3 Å². The zero-order chi connectivity index (χ0) is 21.8. The van der Waals surface area contributed by atoms with Crippen molar-refractivity contribution in [2.75, 3.05) is 16.0 Å². The molecular weight excluding hydrogens is 412 g/mol. The Bertz CT molecular complexity index is 1120. The molecule has 0 atom stereocenters. The molecule has 160 valence electrons. The summed E-state index contributed by atoms with van der Waals surface area (Å²) in [6, 6.07) is 12.2. The number of carbonyl (C=O) groups excluding carboxylic acids is 3. The molecule has 1 aliphatic carbocycles. The Labute approximate surface area is 184 Å². The normalized spacial score (nSPS) is 14.2. The van der Waals surface area contributed by atoms with E-state index in [1.807, 2.05) is 12.1 Å². The van der Waals surface area contributed by atoms with E-state index in [-0.39, 0.29) is 23.6 Å². The number of nitrogens with zero attached hydrogens (tertiary/aromatic N) is 1. The minimum atomic E-state index is -0.255. The molecule has 3 aromatic rings. The number of nitrogens with one attached hydrogen (secondary N) is 3. The van der Waals surface area contributed by atoms with Crippen molar-refractivity contribution in [2.45, 2.75) is 39.0 Å². The number of thiazole rings is 1. The van der Waals surface area contributed by atoms with Crippen molar-refractivity contribution < 1.29 is 14.4 Å². The van der Waals surface area contributed by atoms with Crippen LogP contribution in [-0.4, -0.2) is 22.7 Å². The van der Waals surface area contributed by atoms with Crippen molar-refractivity contribution >= 4 is 55.8 Å². The van der Waals surface area contributed by atoms with Crippen molar-refractivity contribution in [1.29, 1.82) is 0 Å². The lowest BCUT2D eigenvalue weighted by atomic mass is 9.89. The van der Waals surface area contributed by atoms with Crippen molar-refractivity contribution in [3.8, 4) is 0 Å². The number of anilines is 3. The Balaban J connectivity index is 1.42. The van der Waals surface area contributed by atoms with Crippen LogP contribution in [0.25, 0.3) is 10.2 Å². The predicted molar refractivity (Wildman–Crippen MR) is 124 cm³/mol. The van der Waals surface area contributed by atoms with Gasteiger partial charge in [-0.2, -0.15) is 0 Å². The molecule has 2 aromatic carbocycles. The Morgan fingerprint density at radius 1 is 0.903 bits per heavy atom. The highest BCUT2D eigenvalue weighted by Crippen LogP contribution is 2.30. The van der Waals surface area contributed by atoms with Crippen LogP contribution in [0.15, 0.2) is 42.5 Å². The van der Waals surface area contributed by atoms with E-state index in [0.29, 0.717) is 22.1 Å². The van der Waals surface area contributed by atoms with Crippen molar-refractivity contribution in [3.05, 3.63) is 48.0 Å². The summed E-state index contributed by atoms with van der Waals surface area (Å²) in [7, 11) is 0. The first kappa shape index (κ1) is 21.0. The van der Waals surface area contributed by atoms with Gasteiger partial charge in [-0.1, -0.05) is 30.6 Å². The molecule has 1 saturated carbocycles. The second-order valence-electron chi connectivity index (χ2n) is 7.74. The number of hydrogen-bond acceptors (Lipinski definition) is 5. The van der Waals surface area contributed by atoms with Crippen LogP contribution in [0.4, 0.5) is 16.5 Å². The fourth-order valence-electron chi connectivity index (χ4n) is 3.74. The third kappa shape index (κ3) is 5.27. The third-order valence-electron chi connectivity index (χ3n) is 5.32. The number of aromatic nitrogens is 1. The monoisotopic (exact) mass is 436 g/mol. The summed E-state index contributed by atoms with van der Waals surface area (Å²) in [5, 5.41) is 9.08. The van der Waals surface area contributed by atoms with Gasteiger partial charge in [0.15, 0.2) is 5.13 Å². The molecule has 8 heteroatoms. The number of rotatable bonds is 5. The number of hydrogen-bond donors (Lipinski definition) is 3. The minimum absolute atomic E-state index is 0.0509. The lowest BCUT2D eigenvalue weighted by molar-refractivity contribution is -0.120. The highest BCUT2D eigenvalue weighted by Gasteiger charge is 2.22. The third-order valence-corrected chi connectivity index (χ3v) is 6.27. The summed E-state index contributed by atoms with van der Waals surface area (Å²) in [4.78, 5) is 40.6. The summed E-state index contributed by atoms with van der Waals surface area (Å²) in [6.07, 6.45) is 5.31. The van der Waals surface area contributed by atoms with E-state index in [4.69, 9.17) is 0 Å². The maximum Gasteiger partial charge on any atom is 0.255 e. The molecule has 0 radical (unpaired) electrons. The molecular formula is C23H24N4O3S. The van der Waals surface area contributed by atoms with Gasteiger partial charge < -0.3 is 16.0 Å². The molecule has 3 amide bonds. The molecule has 1 aliphatic rings. The van der Waals surface area contributed by atoms with Crippen LogP contribution in [0.2, 0.25) is 0 Å². The Morgan fingerprint density at radius 3 is 2.32 bits per heavy atom. The maximum absolute atomic E-state index is 12.5. The molecule has 1 aromatic heterocycles. The van der Waals surface area contributed by atoms with Crippen molar-refractivity contribution in [1.82, 2.24) is 4.98 Å². The summed E-state index contributed by atoms with van der Waals surface area (Å²) >= 11 is 1.43. The zero-order valence-corrected chi connectivity index (χ0v) is 18.1. The van der Waals surface area contributed by atoms with Gasteiger partial charge in [0, 0.05) is 29.8 Å². The van der Waals surface area contributed by atoms with E-state index in [1.165, 1.54) is 24.7 Å². The molecule has 31 heavy (non-hydrogen) atoms. The Kier molecular flexibility index (Phi) is 6.27. The van der Waals surface area contributed by atoms with E-state index in [0.717, 1.165) is 35.9 Å². The quantitative estimate of drug-likeness (QED) is 0.522. The molecule has 1 heterocycles. The molecule has 0 spiro atoms. The molecule has 7 nitrogen and oxygen atoms in total. The van der Waals surface area contributed by atoms with Gasteiger partial charge in [-0.05, 0) is 55.3 Å². The van der Waals surface area contributed by atoms with Gasteiger partial charge in [0.2, 0.25) is 11.8 Å². The minimum Gasteiger partial charge on any atom is -0.326 e. The van der Waals surface area contributed by atoms with E-state index in [2.05, 4.69) is 20.9 Å². The maximum atomic E-state index is 12.5. The highest BCUT2D eigenvalue weighted by molar-refractivity contribution is 7.22. The van der Waals surface area contributed by atoms with Crippen molar-refractivity contribution in [2.24, 2.45) is 5.92 Å². The molecule has 0 aliphatic heterocycles. The second-order valence-corrected chi connectivity index (χ2v) is 8.77. The molecule has 4 rings (SSSR count). The number of benzene rings is 2. The molecule has 3 N–H and O–H groups in total. The lowest BCUT2D eigenvalue weighted by Crippen LogP contribution is -2.24. The topological polar surface area (TPSA) is 100 Å². The first-order chi connectivity index (χ1) is 15.0. The number of fused-ring (bicyclic) bond motifs is 1. The predicted octanol–water partition coefficient (Wildman–Crippen LogP) is 5.03. The van der Waals surface area contributed by atoms with Crippen LogP contribution in [0.1, 0.15) is 49.4 Å². The molecule has 0 saturated heterocycles. The summed E-state index contributed by atoms with van der Waals surface area (Å²) in [6.45, 7) is 1.43.